The van der Waals surface area contributed by atoms with Crippen molar-refractivity contribution in [2.24, 2.45) is 0 Å². The van der Waals surface area contributed by atoms with Crippen LogP contribution in [0.15, 0.2) is 388 Å². The van der Waals surface area contributed by atoms with Crippen molar-refractivity contribution in [3.63, 3.8) is 0 Å². The summed E-state index contributed by atoms with van der Waals surface area (Å²) in [5, 5.41) is 16.0. The van der Waals surface area contributed by atoms with E-state index in [9.17, 15) is 0 Å². The molecule has 119 heavy (non-hydrogen) atoms. The summed E-state index contributed by atoms with van der Waals surface area (Å²) in [6.45, 7) is 0. The van der Waals surface area contributed by atoms with Crippen LogP contribution in [0.2, 0.25) is 26.4 Å². The Labute approximate surface area is 709 Å². The van der Waals surface area contributed by atoms with E-state index in [1.165, 1.54) is 71.1 Å². The van der Waals surface area contributed by atoms with Gasteiger partial charge in [0.1, 0.15) is 5.69 Å². The zero-order valence-corrected chi connectivity index (χ0v) is 67.0. The molecule has 0 fully saturated rings. The van der Waals surface area contributed by atoms with E-state index in [4.69, 9.17) is 58.0 Å². The van der Waals surface area contributed by atoms with E-state index >= 15 is 0 Å². The van der Waals surface area contributed by atoms with E-state index in [-0.39, 0.29) is 26.4 Å². The highest BCUT2D eigenvalue weighted by Gasteiger charge is 2.18. The molecule has 0 aliphatic carbocycles. The van der Waals surface area contributed by atoms with Gasteiger partial charge in [0.25, 0.3) is 0 Å². The lowest BCUT2D eigenvalue weighted by atomic mass is 9.93. The summed E-state index contributed by atoms with van der Waals surface area (Å²) in [6.07, 6.45) is 1.74. The second-order valence-electron chi connectivity index (χ2n) is 27.9. The molecule has 0 saturated carbocycles. The van der Waals surface area contributed by atoms with Gasteiger partial charge in [0, 0.05) is 55.4 Å². The van der Waals surface area contributed by atoms with E-state index in [0.29, 0.717) is 0 Å². The summed E-state index contributed by atoms with van der Waals surface area (Å²) in [6, 6.07) is 130. The summed E-state index contributed by atoms with van der Waals surface area (Å²) >= 11 is 30.5. The van der Waals surface area contributed by atoms with Gasteiger partial charge in [0.05, 0.1) is 56.1 Å². The SMILES string of the molecule is Clc1nc(-c2ccc(-c3ccc4ccccc4c3)cc2)c2ccccc2n1.Clc1nc(-c2ccc(-c3cccc4ccccc34)cc2)c2ccccc2n1.Clc1nc(-c2ccc(-c3ccccc3)c3ccccc23)c2ccccc2n1.Clc1nc(-c2ccc3ccccc3c2)c2ccccc2n1.Clc1nc(-c2ccccn2)c2ccccc2n1. The van der Waals surface area contributed by atoms with Crippen LogP contribution in [-0.2, 0) is 0 Å². The number of para-hydroxylation sites is 5. The third-order valence-corrected chi connectivity index (χ3v) is 21.4. The van der Waals surface area contributed by atoms with Gasteiger partial charge in [-0.05, 0) is 189 Å². The second-order valence-corrected chi connectivity index (χ2v) is 29.6. The van der Waals surface area contributed by atoms with Crippen molar-refractivity contribution in [3.8, 4) is 89.8 Å². The van der Waals surface area contributed by atoms with Crippen molar-refractivity contribution in [2.75, 3.05) is 0 Å². The standard InChI is InChI=1S/3C24H15ClN2.C18H11ClN2.C13H8ClN3/c25-24-26-22-11-4-3-9-21(22)23(27-24)18-14-12-17(13-15-18)20-10-5-7-16-6-1-2-8-19(16)20;25-24-26-22-8-4-3-7-21(22)23(27-24)18-12-9-17(10-13-18)20-14-11-16-5-1-2-6-19(16)15-20;25-24-26-22-13-7-6-12-21(22)23(27-24)20-15-14-17(16-8-2-1-3-9-16)18-10-4-5-11-19(18)20;19-18-20-16-8-4-3-7-15(16)17(21-18)14-10-9-12-5-1-2-6-13(12)11-14;14-13-16-10-6-2-1-5-9(10)12(17-13)11-7-3-4-8-15-11/h3*1-15H;1-11H;1-8H. The number of hydrogen-bond acceptors (Lipinski definition) is 11. The Balaban J connectivity index is 0.000000103. The number of aromatic nitrogens is 11. The Kier molecular flexibility index (Phi) is 22.2. The number of fused-ring (bicyclic) bond motifs is 9. The number of hydrogen-bond donors (Lipinski definition) is 0. The molecule has 0 amide bonds. The molecule has 0 radical (unpaired) electrons. The lowest BCUT2D eigenvalue weighted by molar-refractivity contribution is 1.20. The summed E-state index contributed by atoms with van der Waals surface area (Å²) < 4.78 is 0. The molecule has 11 nitrogen and oxygen atoms in total. The minimum atomic E-state index is 0.240. The fourth-order valence-electron chi connectivity index (χ4n) is 15.0. The maximum atomic E-state index is 6.23. The predicted octanol–water partition coefficient (Wildman–Crippen LogP) is 28.8. The molecule has 6 heterocycles. The molecule has 0 spiro atoms. The number of nitrogens with zero attached hydrogens (tertiary/aromatic N) is 11. The van der Waals surface area contributed by atoms with Gasteiger partial charge in [0.15, 0.2) is 0 Å². The Morgan fingerprint density at radius 3 is 0.958 bits per heavy atom. The zero-order valence-electron chi connectivity index (χ0n) is 63.3. The van der Waals surface area contributed by atoms with E-state index < -0.39 is 0 Å². The molecular formula is C103H64Cl5N11. The van der Waals surface area contributed by atoms with Gasteiger partial charge in [-0.3, -0.25) is 4.98 Å². The Hall–Kier alpha value is -14.1. The minimum absolute atomic E-state index is 0.240. The highest BCUT2D eigenvalue weighted by atomic mass is 35.5. The molecule has 6 aromatic heterocycles. The van der Waals surface area contributed by atoms with Gasteiger partial charge in [-0.15, -0.1) is 0 Å². The summed E-state index contributed by atoms with van der Waals surface area (Å²) in [7, 11) is 0. The lowest BCUT2D eigenvalue weighted by Crippen LogP contribution is -1.93. The van der Waals surface area contributed by atoms with Crippen LogP contribution in [0.3, 0.4) is 0 Å². The summed E-state index contributed by atoms with van der Waals surface area (Å²) in [5.41, 5.74) is 20.6. The van der Waals surface area contributed by atoms with E-state index in [1.807, 2.05) is 158 Å². The predicted molar refractivity (Wildman–Crippen MR) is 494 cm³/mol. The molecule has 16 heteroatoms. The van der Waals surface area contributed by atoms with Gasteiger partial charge < -0.3 is 0 Å². The third-order valence-electron chi connectivity index (χ3n) is 20.6. The number of pyridine rings is 1. The van der Waals surface area contributed by atoms with Crippen LogP contribution in [0.5, 0.6) is 0 Å². The Morgan fingerprint density at radius 1 is 0.160 bits per heavy atom. The molecule has 0 bridgehead atoms. The normalized spacial score (nSPS) is 11.1. The quantitative estimate of drug-likeness (QED) is 0.134. The molecule has 0 aliphatic rings. The third kappa shape index (κ3) is 16.7. The molecule has 0 unspecified atom stereocenters. The van der Waals surface area contributed by atoms with Crippen LogP contribution in [0.1, 0.15) is 0 Å². The highest BCUT2D eigenvalue weighted by Crippen LogP contribution is 2.40. The molecule has 0 atom stereocenters. The molecule has 0 aliphatic heterocycles. The van der Waals surface area contributed by atoms with E-state index in [0.717, 1.165) is 116 Å². The Morgan fingerprint density at radius 2 is 0.471 bits per heavy atom. The number of halogens is 5. The molecular weight excluding hydrogens is 1570 g/mol. The lowest BCUT2D eigenvalue weighted by Gasteiger charge is -2.13. The van der Waals surface area contributed by atoms with Gasteiger partial charge >= 0.3 is 0 Å². The molecule has 22 aromatic rings. The Bertz CT molecular complexity index is 7500. The number of rotatable bonds is 8. The van der Waals surface area contributed by atoms with Gasteiger partial charge in [-0.2, -0.15) is 0 Å². The average molecular weight is 1630 g/mol. The van der Waals surface area contributed by atoms with Crippen LogP contribution in [-0.4, -0.2) is 54.8 Å². The van der Waals surface area contributed by atoms with E-state index in [1.54, 1.807) is 6.20 Å². The van der Waals surface area contributed by atoms with Crippen molar-refractivity contribution < 1.29 is 0 Å². The van der Waals surface area contributed by atoms with Crippen LogP contribution < -0.4 is 0 Å². The molecule has 566 valence electrons. The van der Waals surface area contributed by atoms with Crippen LogP contribution in [0.25, 0.3) is 187 Å². The first-order valence-electron chi connectivity index (χ1n) is 38.3. The van der Waals surface area contributed by atoms with Gasteiger partial charge in [-0.1, -0.05) is 328 Å². The highest BCUT2D eigenvalue weighted by molar-refractivity contribution is 6.30. The van der Waals surface area contributed by atoms with Crippen LogP contribution >= 0.6 is 58.0 Å². The van der Waals surface area contributed by atoms with Crippen molar-refractivity contribution in [1.82, 2.24) is 54.8 Å². The second kappa shape index (κ2) is 34.7. The maximum absolute atomic E-state index is 6.23. The minimum Gasteiger partial charge on any atom is -0.255 e. The molecule has 16 aromatic carbocycles. The first kappa shape index (κ1) is 76.2. The van der Waals surface area contributed by atoms with Crippen molar-refractivity contribution in [3.05, 3.63) is 415 Å². The van der Waals surface area contributed by atoms with Crippen molar-refractivity contribution in [1.29, 1.82) is 0 Å². The molecule has 0 N–H and O–H groups in total. The van der Waals surface area contributed by atoms with Crippen LogP contribution in [0.4, 0.5) is 0 Å². The van der Waals surface area contributed by atoms with Gasteiger partial charge in [0.2, 0.25) is 26.4 Å². The van der Waals surface area contributed by atoms with Crippen molar-refractivity contribution in [2.45, 2.75) is 0 Å². The fraction of sp³-hybridized carbons (Fsp3) is 0. The molecule has 22 rings (SSSR count). The van der Waals surface area contributed by atoms with E-state index in [2.05, 4.69) is 279 Å². The van der Waals surface area contributed by atoms with Crippen LogP contribution in [0, 0.1) is 0 Å². The fourth-order valence-corrected chi connectivity index (χ4v) is 15.9. The first-order chi connectivity index (χ1) is 58.5. The number of benzene rings is 16. The average Bonchev–Trinajstić information content (AvgIpc) is 0.840. The maximum Gasteiger partial charge on any atom is 0.223 e. The van der Waals surface area contributed by atoms with Crippen molar-refractivity contribution >= 4 is 156 Å². The molecule has 0 saturated heterocycles. The van der Waals surface area contributed by atoms with Gasteiger partial charge in [-0.25, -0.2) is 49.8 Å². The summed E-state index contributed by atoms with van der Waals surface area (Å²) in [4.78, 5) is 48.0. The smallest absolute Gasteiger partial charge is 0.223 e. The first-order valence-corrected chi connectivity index (χ1v) is 40.2. The largest absolute Gasteiger partial charge is 0.255 e. The monoisotopic (exact) mass is 1630 g/mol. The summed E-state index contributed by atoms with van der Waals surface area (Å²) in [5.74, 6) is 0. The topological polar surface area (TPSA) is 142 Å². The zero-order chi connectivity index (χ0) is 80.5.